The predicted octanol–water partition coefficient (Wildman–Crippen LogP) is 2.16. The van der Waals surface area contributed by atoms with Gasteiger partial charge in [0, 0.05) is 13.1 Å². The van der Waals surface area contributed by atoms with E-state index in [1.165, 1.54) is 5.39 Å². The molecule has 0 amide bonds. The average Bonchev–Trinajstić information content (AvgIpc) is 2.50. The number of carboxylic acid groups (broad SMARTS) is 1. The number of nitrogens with zero attached hydrogens (tertiary/aromatic N) is 1. The van der Waals surface area contributed by atoms with Gasteiger partial charge in [0.2, 0.25) is 0 Å². The fourth-order valence-electron chi connectivity index (χ4n) is 2.47. The van der Waals surface area contributed by atoms with Crippen molar-refractivity contribution in [1.29, 1.82) is 0 Å². The zero-order valence-electron chi connectivity index (χ0n) is 13.1. The standard InChI is InChI=1S/C17H21NO4S/c1-2-18(9-10-23(21,22)13-17(19)20)12-14-7-8-15-5-3-4-6-16(15)11-14/h3-8,11H,2,9-10,12-13H2,1H3,(H,19,20). The summed E-state index contributed by atoms with van der Waals surface area (Å²) in [5, 5.41) is 10.9. The lowest BCUT2D eigenvalue weighted by Crippen LogP contribution is -2.31. The van der Waals surface area contributed by atoms with Gasteiger partial charge in [0.05, 0.1) is 5.75 Å². The van der Waals surface area contributed by atoms with Gasteiger partial charge in [0.25, 0.3) is 0 Å². The minimum Gasteiger partial charge on any atom is -0.480 e. The van der Waals surface area contributed by atoms with E-state index in [1.807, 2.05) is 36.1 Å². The van der Waals surface area contributed by atoms with Crippen LogP contribution in [0.25, 0.3) is 10.8 Å². The molecule has 0 bridgehead atoms. The van der Waals surface area contributed by atoms with Gasteiger partial charge in [-0.25, -0.2) is 8.42 Å². The lowest BCUT2D eigenvalue weighted by molar-refractivity contribution is -0.134. The van der Waals surface area contributed by atoms with E-state index in [4.69, 9.17) is 5.11 Å². The van der Waals surface area contributed by atoms with Gasteiger partial charge in [0.1, 0.15) is 5.75 Å². The van der Waals surface area contributed by atoms with Gasteiger partial charge in [-0.15, -0.1) is 0 Å². The molecular formula is C17H21NO4S. The number of aliphatic carboxylic acids is 1. The molecule has 23 heavy (non-hydrogen) atoms. The molecule has 5 nitrogen and oxygen atoms in total. The molecule has 0 aliphatic carbocycles. The van der Waals surface area contributed by atoms with Crippen LogP contribution in [0.2, 0.25) is 0 Å². The van der Waals surface area contributed by atoms with Crippen LogP contribution >= 0.6 is 0 Å². The lowest BCUT2D eigenvalue weighted by atomic mass is 10.1. The molecule has 0 spiro atoms. The van der Waals surface area contributed by atoms with Crippen LogP contribution in [0.1, 0.15) is 12.5 Å². The minimum absolute atomic E-state index is 0.138. The van der Waals surface area contributed by atoms with Gasteiger partial charge in [0.15, 0.2) is 9.84 Å². The van der Waals surface area contributed by atoms with Crippen molar-refractivity contribution in [1.82, 2.24) is 4.90 Å². The molecule has 2 aromatic rings. The summed E-state index contributed by atoms with van der Waals surface area (Å²) in [5.74, 6) is -2.25. The quantitative estimate of drug-likeness (QED) is 0.800. The number of fused-ring (bicyclic) bond motifs is 1. The van der Waals surface area contributed by atoms with Crippen molar-refractivity contribution < 1.29 is 18.3 Å². The van der Waals surface area contributed by atoms with E-state index >= 15 is 0 Å². The number of rotatable bonds is 8. The molecule has 6 heteroatoms. The smallest absolute Gasteiger partial charge is 0.318 e. The average molecular weight is 335 g/mol. The molecule has 0 saturated carbocycles. The molecule has 1 N–H and O–H groups in total. The van der Waals surface area contributed by atoms with Crippen molar-refractivity contribution in [3.63, 3.8) is 0 Å². The summed E-state index contributed by atoms with van der Waals surface area (Å²) in [5.41, 5.74) is 1.11. The summed E-state index contributed by atoms with van der Waals surface area (Å²) in [7, 11) is -3.55. The molecule has 124 valence electrons. The topological polar surface area (TPSA) is 74.7 Å². The molecule has 0 aromatic heterocycles. The lowest BCUT2D eigenvalue weighted by Gasteiger charge is -2.20. The highest BCUT2D eigenvalue weighted by molar-refractivity contribution is 7.92. The molecule has 0 saturated heterocycles. The Kier molecular flexibility index (Phi) is 5.74. The summed E-state index contributed by atoms with van der Waals surface area (Å²) >= 11 is 0. The molecular weight excluding hydrogens is 314 g/mol. The number of sulfone groups is 1. The molecule has 0 radical (unpaired) electrons. The maximum absolute atomic E-state index is 11.7. The highest BCUT2D eigenvalue weighted by Gasteiger charge is 2.17. The van der Waals surface area contributed by atoms with Gasteiger partial charge >= 0.3 is 5.97 Å². The number of hydrogen-bond donors (Lipinski definition) is 1. The Morgan fingerprint density at radius 1 is 1.13 bits per heavy atom. The summed E-state index contributed by atoms with van der Waals surface area (Å²) in [6, 6.07) is 14.3. The van der Waals surface area contributed by atoms with Crippen LogP contribution in [0.3, 0.4) is 0 Å². The van der Waals surface area contributed by atoms with Gasteiger partial charge < -0.3 is 5.11 Å². The molecule has 0 heterocycles. The number of hydrogen-bond acceptors (Lipinski definition) is 4. The van der Waals surface area contributed by atoms with E-state index in [-0.39, 0.29) is 5.75 Å². The first-order valence-corrected chi connectivity index (χ1v) is 9.34. The van der Waals surface area contributed by atoms with E-state index in [0.29, 0.717) is 19.6 Å². The summed E-state index contributed by atoms with van der Waals surface area (Å²) in [6.45, 7) is 3.64. The van der Waals surface area contributed by atoms with Crippen LogP contribution in [0, 0.1) is 0 Å². The van der Waals surface area contributed by atoms with Crippen molar-refractivity contribution in [3.05, 3.63) is 48.0 Å². The molecule has 2 rings (SSSR count). The number of carboxylic acids is 1. The Morgan fingerprint density at radius 3 is 2.48 bits per heavy atom. The summed E-state index contributed by atoms with van der Waals surface area (Å²) in [4.78, 5) is 12.6. The Morgan fingerprint density at radius 2 is 1.83 bits per heavy atom. The van der Waals surface area contributed by atoms with E-state index in [1.54, 1.807) is 0 Å². The summed E-state index contributed by atoms with van der Waals surface area (Å²) in [6.07, 6.45) is 0. The second kappa shape index (κ2) is 7.57. The first kappa shape index (κ1) is 17.4. The van der Waals surface area contributed by atoms with Crippen LogP contribution in [-0.4, -0.2) is 49.0 Å². The second-order valence-electron chi connectivity index (χ2n) is 5.54. The summed E-state index contributed by atoms with van der Waals surface area (Å²) < 4.78 is 23.4. The van der Waals surface area contributed by atoms with Gasteiger partial charge in [-0.2, -0.15) is 0 Å². The van der Waals surface area contributed by atoms with Gasteiger partial charge in [-0.3, -0.25) is 9.69 Å². The van der Waals surface area contributed by atoms with Crippen LogP contribution in [0.5, 0.6) is 0 Å². The fraction of sp³-hybridized carbons (Fsp3) is 0.353. The van der Waals surface area contributed by atoms with Crippen molar-refractivity contribution >= 4 is 26.6 Å². The normalized spacial score (nSPS) is 11.9. The van der Waals surface area contributed by atoms with Crippen LogP contribution < -0.4 is 0 Å². The Hall–Kier alpha value is -1.92. The molecule has 0 fully saturated rings. The van der Waals surface area contributed by atoms with Crippen LogP contribution in [-0.2, 0) is 21.2 Å². The predicted molar refractivity (Wildman–Crippen MR) is 91.2 cm³/mol. The van der Waals surface area contributed by atoms with Crippen molar-refractivity contribution in [2.75, 3.05) is 24.6 Å². The van der Waals surface area contributed by atoms with E-state index in [2.05, 4.69) is 18.2 Å². The van der Waals surface area contributed by atoms with E-state index in [9.17, 15) is 13.2 Å². The third-order valence-electron chi connectivity index (χ3n) is 3.73. The van der Waals surface area contributed by atoms with Crippen LogP contribution in [0.15, 0.2) is 42.5 Å². The second-order valence-corrected chi connectivity index (χ2v) is 7.72. The molecule has 0 aliphatic rings. The first-order valence-electron chi connectivity index (χ1n) is 7.52. The van der Waals surface area contributed by atoms with Crippen molar-refractivity contribution in [2.24, 2.45) is 0 Å². The SMILES string of the molecule is CCN(CCS(=O)(=O)CC(=O)O)Cc1ccc2ccccc2c1. The Bertz CT molecular complexity index is 786. The maximum atomic E-state index is 11.7. The van der Waals surface area contributed by atoms with E-state index in [0.717, 1.165) is 10.9 Å². The largest absolute Gasteiger partial charge is 0.480 e. The molecule has 2 aromatic carbocycles. The molecule has 0 unspecified atom stereocenters. The molecule has 0 atom stereocenters. The number of carbonyl (C=O) groups is 1. The van der Waals surface area contributed by atoms with E-state index < -0.39 is 21.6 Å². The zero-order valence-corrected chi connectivity index (χ0v) is 13.9. The first-order chi connectivity index (χ1) is 10.9. The third kappa shape index (κ3) is 5.33. The van der Waals surface area contributed by atoms with Crippen LogP contribution in [0.4, 0.5) is 0 Å². The van der Waals surface area contributed by atoms with Gasteiger partial charge in [-0.1, -0.05) is 43.3 Å². The minimum atomic E-state index is -3.55. The highest BCUT2D eigenvalue weighted by Crippen LogP contribution is 2.16. The van der Waals surface area contributed by atoms with Crippen molar-refractivity contribution in [3.8, 4) is 0 Å². The Balaban J connectivity index is 2.02. The fourth-order valence-corrected chi connectivity index (χ4v) is 3.53. The maximum Gasteiger partial charge on any atom is 0.318 e. The highest BCUT2D eigenvalue weighted by atomic mass is 32.2. The molecule has 0 aliphatic heterocycles. The number of benzene rings is 2. The Labute approximate surface area is 136 Å². The zero-order chi connectivity index (χ0) is 16.9. The van der Waals surface area contributed by atoms with Crippen molar-refractivity contribution in [2.45, 2.75) is 13.5 Å². The third-order valence-corrected chi connectivity index (χ3v) is 5.22. The monoisotopic (exact) mass is 335 g/mol. The van der Waals surface area contributed by atoms with Gasteiger partial charge in [-0.05, 0) is 28.9 Å².